The summed E-state index contributed by atoms with van der Waals surface area (Å²) < 4.78 is 1.27. The summed E-state index contributed by atoms with van der Waals surface area (Å²) >= 11 is 3.67. The van der Waals surface area contributed by atoms with Crippen molar-refractivity contribution < 1.29 is 0 Å². The minimum Gasteiger partial charge on any atom is -0.384 e. The van der Waals surface area contributed by atoms with Crippen LogP contribution in [-0.4, -0.2) is 19.6 Å². The Bertz CT molecular complexity index is 403. The normalized spacial score (nSPS) is 27.3. The van der Waals surface area contributed by atoms with Gasteiger partial charge < -0.3 is 10.6 Å². The van der Waals surface area contributed by atoms with Gasteiger partial charge in [-0.1, -0.05) is 15.9 Å². The highest BCUT2D eigenvalue weighted by molar-refractivity contribution is 9.10. The van der Waals surface area contributed by atoms with Crippen molar-refractivity contribution in [2.75, 3.05) is 18.9 Å². The second kappa shape index (κ2) is 3.49. The van der Waals surface area contributed by atoms with Gasteiger partial charge in [-0.05, 0) is 43.1 Å². The number of benzene rings is 1. The molecule has 2 nitrogen and oxygen atoms in total. The second-order valence-electron chi connectivity index (χ2n) is 4.49. The molecule has 1 aliphatic carbocycles. The van der Waals surface area contributed by atoms with Gasteiger partial charge in [-0.25, -0.2) is 0 Å². The molecule has 1 aliphatic heterocycles. The molecule has 0 fully saturated rings. The maximum Gasteiger partial charge on any atom is 0.0380 e. The number of likely N-dealkylation sites (N-methyl/N-ethyl adjacent to an activating group) is 1. The quantitative estimate of drug-likeness (QED) is 0.817. The molecule has 0 aromatic heterocycles. The third-order valence-corrected chi connectivity index (χ3v) is 4.42. The van der Waals surface area contributed by atoms with Crippen LogP contribution in [-0.2, 0) is 6.42 Å². The summed E-state index contributed by atoms with van der Waals surface area (Å²) in [6.45, 7) is 1.11. The van der Waals surface area contributed by atoms with E-state index >= 15 is 0 Å². The van der Waals surface area contributed by atoms with Crippen LogP contribution in [0, 0.1) is 0 Å². The van der Waals surface area contributed by atoms with Crippen LogP contribution >= 0.6 is 15.9 Å². The number of halogens is 1. The fourth-order valence-corrected chi connectivity index (χ4v) is 3.40. The molecular weight excluding hydrogens is 252 g/mol. The lowest BCUT2D eigenvalue weighted by atomic mass is 9.81. The summed E-state index contributed by atoms with van der Waals surface area (Å²) in [5.74, 6) is 0.707. The van der Waals surface area contributed by atoms with Crippen molar-refractivity contribution in [3.63, 3.8) is 0 Å². The highest BCUT2D eigenvalue weighted by Crippen LogP contribution is 2.43. The zero-order chi connectivity index (χ0) is 10.4. The van der Waals surface area contributed by atoms with E-state index in [9.17, 15) is 0 Å². The molecule has 3 heteroatoms. The molecule has 2 N–H and O–H groups in total. The third-order valence-electron chi connectivity index (χ3n) is 3.67. The molecule has 0 bridgehead atoms. The molecule has 15 heavy (non-hydrogen) atoms. The smallest absolute Gasteiger partial charge is 0.0380 e. The maximum atomic E-state index is 3.67. The van der Waals surface area contributed by atoms with Crippen LogP contribution in [0.15, 0.2) is 16.6 Å². The number of hydrogen-bond acceptors (Lipinski definition) is 2. The van der Waals surface area contributed by atoms with Gasteiger partial charge in [-0.2, -0.15) is 0 Å². The third kappa shape index (κ3) is 1.41. The molecule has 2 aliphatic rings. The fourth-order valence-electron chi connectivity index (χ4n) is 2.90. The highest BCUT2D eigenvalue weighted by atomic mass is 79.9. The topological polar surface area (TPSA) is 24.1 Å². The van der Waals surface area contributed by atoms with Crippen LogP contribution in [0.2, 0.25) is 0 Å². The van der Waals surface area contributed by atoms with Gasteiger partial charge in [0.05, 0.1) is 0 Å². The number of hydrogen-bond donors (Lipinski definition) is 2. The van der Waals surface area contributed by atoms with Crippen molar-refractivity contribution >= 4 is 21.6 Å². The van der Waals surface area contributed by atoms with Gasteiger partial charge in [0.1, 0.15) is 0 Å². The number of nitrogens with one attached hydrogen (secondary N) is 2. The first-order valence-corrected chi connectivity index (χ1v) is 6.31. The van der Waals surface area contributed by atoms with E-state index in [1.54, 1.807) is 5.56 Å². The Labute approximate surface area is 98.6 Å². The van der Waals surface area contributed by atoms with Gasteiger partial charge in [0, 0.05) is 28.7 Å². The number of anilines is 1. The molecule has 0 saturated heterocycles. The summed E-state index contributed by atoms with van der Waals surface area (Å²) in [5, 5.41) is 6.92. The maximum absolute atomic E-state index is 3.67. The van der Waals surface area contributed by atoms with Gasteiger partial charge >= 0.3 is 0 Å². The van der Waals surface area contributed by atoms with Crippen LogP contribution in [0.5, 0.6) is 0 Å². The Morgan fingerprint density at radius 2 is 2.33 bits per heavy atom. The second-order valence-corrected chi connectivity index (χ2v) is 5.34. The van der Waals surface area contributed by atoms with Gasteiger partial charge in [-0.3, -0.25) is 0 Å². The minimum absolute atomic E-state index is 0.633. The van der Waals surface area contributed by atoms with Crippen molar-refractivity contribution in [2.45, 2.75) is 24.8 Å². The summed E-state index contributed by atoms with van der Waals surface area (Å²) in [5.41, 5.74) is 4.43. The molecule has 1 aromatic rings. The predicted molar refractivity (Wildman–Crippen MR) is 66.5 cm³/mol. The molecule has 2 unspecified atom stereocenters. The van der Waals surface area contributed by atoms with E-state index in [0.29, 0.717) is 12.0 Å². The monoisotopic (exact) mass is 266 g/mol. The van der Waals surface area contributed by atoms with Gasteiger partial charge in [0.25, 0.3) is 0 Å². The van der Waals surface area contributed by atoms with E-state index in [1.165, 1.54) is 22.1 Å². The zero-order valence-corrected chi connectivity index (χ0v) is 10.4. The van der Waals surface area contributed by atoms with E-state index in [2.05, 4.69) is 45.7 Å². The van der Waals surface area contributed by atoms with E-state index in [-0.39, 0.29) is 0 Å². The molecule has 0 spiro atoms. The van der Waals surface area contributed by atoms with Crippen molar-refractivity contribution in [1.29, 1.82) is 0 Å². The average molecular weight is 267 g/mol. The SMILES string of the molecule is CNC1Cc2c(Br)ccc3c2C(CN3)C1. The molecule has 1 heterocycles. The van der Waals surface area contributed by atoms with Crippen LogP contribution in [0.25, 0.3) is 0 Å². The Morgan fingerprint density at radius 3 is 3.13 bits per heavy atom. The summed E-state index contributed by atoms with van der Waals surface area (Å²) in [7, 11) is 2.07. The lowest BCUT2D eigenvalue weighted by molar-refractivity contribution is 0.453. The van der Waals surface area contributed by atoms with Crippen molar-refractivity contribution in [2.24, 2.45) is 0 Å². The largest absolute Gasteiger partial charge is 0.384 e. The molecule has 0 amide bonds. The molecule has 1 aromatic carbocycles. The molecule has 0 radical (unpaired) electrons. The van der Waals surface area contributed by atoms with E-state index in [1.807, 2.05) is 0 Å². The lowest BCUT2D eigenvalue weighted by Crippen LogP contribution is -2.33. The molecule has 0 saturated carbocycles. The van der Waals surface area contributed by atoms with Crippen molar-refractivity contribution in [1.82, 2.24) is 5.32 Å². The minimum atomic E-state index is 0.633. The Morgan fingerprint density at radius 1 is 1.47 bits per heavy atom. The summed E-state index contributed by atoms with van der Waals surface area (Å²) in [4.78, 5) is 0. The predicted octanol–water partition coefficient (Wildman–Crippen LogP) is 2.49. The van der Waals surface area contributed by atoms with Gasteiger partial charge in [0.2, 0.25) is 0 Å². The molecule has 80 valence electrons. The van der Waals surface area contributed by atoms with Crippen molar-refractivity contribution in [3.05, 3.63) is 27.7 Å². The van der Waals surface area contributed by atoms with Crippen LogP contribution in [0.4, 0.5) is 5.69 Å². The average Bonchev–Trinajstić information content (AvgIpc) is 2.67. The lowest BCUT2D eigenvalue weighted by Gasteiger charge is -2.28. The first kappa shape index (κ1) is 9.67. The van der Waals surface area contributed by atoms with Crippen molar-refractivity contribution in [3.8, 4) is 0 Å². The first-order chi connectivity index (χ1) is 7.29. The fraction of sp³-hybridized carbons (Fsp3) is 0.500. The molecular formula is C12H15BrN2. The zero-order valence-electron chi connectivity index (χ0n) is 8.81. The highest BCUT2D eigenvalue weighted by Gasteiger charge is 2.33. The molecule has 2 atom stereocenters. The van der Waals surface area contributed by atoms with E-state index in [0.717, 1.165) is 13.0 Å². The van der Waals surface area contributed by atoms with E-state index in [4.69, 9.17) is 0 Å². The Kier molecular flexibility index (Phi) is 2.25. The Balaban J connectivity index is 2.12. The number of rotatable bonds is 1. The Hall–Kier alpha value is -0.540. The van der Waals surface area contributed by atoms with Gasteiger partial charge in [-0.15, -0.1) is 0 Å². The van der Waals surface area contributed by atoms with Gasteiger partial charge in [0.15, 0.2) is 0 Å². The summed E-state index contributed by atoms with van der Waals surface area (Å²) in [6.07, 6.45) is 2.42. The van der Waals surface area contributed by atoms with Crippen LogP contribution in [0.3, 0.4) is 0 Å². The van der Waals surface area contributed by atoms with E-state index < -0.39 is 0 Å². The molecule has 3 rings (SSSR count). The first-order valence-electron chi connectivity index (χ1n) is 5.52. The van der Waals surface area contributed by atoms with Crippen LogP contribution < -0.4 is 10.6 Å². The standard InChI is InChI=1S/C12H15BrN2/c1-14-8-4-7-6-15-11-3-2-10(13)9(5-8)12(7)11/h2-3,7-8,14-15H,4-6H2,1H3. The van der Waals surface area contributed by atoms with Crippen LogP contribution in [0.1, 0.15) is 23.5 Å². The summed E-state index contributed by atoms with van der Waals surface area (Å²) in [6, 6.07) is 5.00.